The molecule has 0 saturated carbocycles. The molecular formula is C13H12N2O. The second kappa shape index (κ2) is 3.34. The quantitative estimate of drug-likeness (QED) is 0.661. The largest absolute Gasteiger partial charge is 0.325 e. The third-order valence-corrected chi connectivity index (χ3v) is 3.70. The van der Waals surface area contributed by atoms with Crippen LogP contribution < -0.4 is 0 Å². The Balaban J connectivity index is 1.97. The molecule has 1 aliphatic heterocycles. The van der Waals surface area contributed by atoms with Crippen molar-refractivity contribution in [3.8, 4) is 6.07 Å². The number of carbonyl (C=O) groups is 1. The Morgan fingerprint density at radius 1 is 1.38 bits per heavy atom. The molecule has 0 aromatic heterocycles. The normalized spacial score (nSPS) is 26.4. The minimum atomic E-state index is 0.131. The van der Waals surface area contributed by atoms with Crippen molar-refractivity contribution >= 4 is 5.91 Å². The van der Waals surface area contributed by atoms with Gasteiger partial charge in [0, 0.05) is 18.4 Å². The Hall–Kier alpha value is -1.82. The Kier molecular flexibility index (Phi) is 1.97. The maximum atomic E-state index is 11.8. The molecule has 1 amide bonds. The Morgan fingerprint density at radius 3 is 3.00 bits per heavy atom. The molecule has 1 heterocycles. The number of benzene rings is 1. The molecule has 2 unspecified atom stereocenters. The van der Waals surface area contributed by atoms with E-state index in [4.69, 9.17) is 5.26 Å². The third-order valence-electron chi connectivity index (χ3n) is 3.70. The topological polar surface area (TPSA) is 44.1 Å². The molecule has 3 heteroatoms. The highest BCUT2D eigenvalue weighted by Gasteiger charge is 2.44. The number of likely N-dealkylation sites (tertiary alicyclic amines) is 1. The first-order chi connectivity index (χ1) is 7.81. The van der Waals surface area contributed by atoms with Crippen molar-refractivity contribution in [2.75, 3.05) is 6.54 Å². The molecule has 3 rings (SSSR count). The van der Waals surface area contributed by atoms with Crippen molar-refractivity contribution in [3.05, 3.63) is 35.4 Å². The van der Waals surface area contributed by atoms with Gasteiger partial charge in [0.25, 0.3) is 0 Å². The fourth-order valence-corrected chi connectivity index (χ4v) is 3.00. The lowest BCUT2D eigenvalue weighted by Gasteiger charge is -2.20. The van der Waals surface area contributed by atoms with Gasteiger partial charge in [-0.3, -0.25) is 4.79 Å². The van der Waals surface area contributed by atoms with E-state index in [1.54, 1.807) is 4.90 Å². The molecule has 16 heavy (non-hydrogen) atoms. The average molecular weight is 212 g/mol. The second-order valence-electron chi connectivity index (χ2n) is 4.46. The summed E-state index contributed by atoms with van der Waals surface area (Å²) in [6.07, 6.45) is 1.48. The number of fused-ring (bicyclic) bond motifs is 3. The number of nitriles is 1. The Labute approximate surface area is 94.3 Å². The molecule has 1 aliphatic carbocycles. The molecule has 1 saturated heterocycles. The van der Waals surface area contributed by atoms with Gasteiger partial charge in [-0.2, -0.15) is 5.26 Å². The smallest absolute Gasteiger partial charge is 0.224 e. The number of hydrogen-bond acceptors (Lipinski definition) is 2. The maximum Gasteiger partial charge on any atom is 0.224 e. The highest BCUT2D eigenvalue weighted by molar-refractivity contribution is 5.81. The number of hydrogen-bond donors (Lipinski definition) is 0. The van der Waals surface area contributed by atoms with Crippen molar-refractivity contribution < 1.29 is 4.79 Å². The van der Waals surface area contributed by atoms with Gasteiger partial charge < -0.3 is 4.90 Å². The summed E-state index contributed by atoms with van der Waals surface area (Å²) < 4.78 is 0. The summed E-state index contributed by atoms with van der Waals surface area (Å²) in [7, 11) is 0. The van der Waals surface area contributed by atoms with E-state index in [1.165, 1.54) is 11.1 Å². The molecule has 2 aliphatic rings. The van der Waals surface area contributed by atoms with E-state index < -0.39 is 0 Å². The molecule has 1 aromatic carbocycles. The van der Waals surface area contributed by atoms with E-state index in [-0.39, 0.29) is 18.5 Å². The lowest BCUT2D eigenvalue weighted by Crippen LogP contribution is -2.34. The molecule has 0 bridgehead atoms. The van der Waals surface area contributed by atoms with Crippen LogP contribution in [0.3, 0.4) is 0 Å². The van der Waals surface area contributed by atoms with E-state index >= 15 is 0 Å². The van der Waals surface area contributed by atoms with Gasteiger partial charge in [-0.25, -0.2) is 0 Å². The maximum absolute atomic E-state index is 11.8. The van der Waals surface area contributed by atoms with E-state index in [0.717, 1.165) is 6.42 Å². The van der Waals surface area contributed by atoms with Crippen molar-refractivity contribution in [1.29, 1.82) is 5.26 Å². The first-order valence-corrected chi connectivity index (χ1v) is 5.55. The fourth-order valence-electron chi connectivity index (χ4n) is 3.00. The van der Waals surface area contributed by atoms with E-state index in [0.29, 0.717) is 12.3 Å². The van der Waals surface area contributed by atoms with Gasteiger partial charge in [0.1, 0.15) is 6.54 Å². The first kappa shape index (κ1) is 9.41. The zero-order valence-electron chi connectivity index (χ0n) is 8.89. The molecule has 80 valence electrons. The molecular weight excluding hydrogens is 200 g/mol. The van der Waals surface area contributed by atoms with Gasteiger partial charge in [0.05, 0.1) is 6.07 Å². The second-order valence-corrected chi connectivity index (χ2v) is 4.46. The molecule has 1 fully saturated rings. The van der Waals surface area contributed by atoms with Crippen LogP contribution in [-0.2, 0) is 11.2 Å². The van der Waals surface area contributed by atoms with Crippen molar-refractivity contribution in [1.82, 2.24) is 4.90 Å². The number of rotatable bonds is 1. The van der Waals surface area contributed by atoms with Crippen molar-refractivity contribution in [3.63, 3.8) is 0 Å². The van der Waals surface area contributed by atoms with Gasteiger partial charge in [-0.05, 0) is 17.5 Å². The predicted octanol–water partition coefficient (Wildman–Crippen LogP) is 1.45. The zero-order chi connectivity index (χ0) is 11.1. The number of amides is 1. The summed E-state index contributed by atoms with van der Waals surface area (Å²) in [6.45, 7) is 0.230. The van der Waals surface area contributed by atoms with Gasteiger partial charge in [-0.1, -0.05) is 24.3 Å². The van der Waals surface area contributed by atoms with Gasteiger partial charge >= 0.3 is 0 Å². The standard InChI is InChI=1S/C13H12N2O/c14-5-6-15-12-7-9-3-1-2-4-10(9)11(12)8-13(15)16/h1-4,11-12H,6-8H2. The number of nitrogens with zero attached hydrogens (tertiary/aromatic N) is 2. The van der Waals surface area contributed by atoms with Crippen LogP contribution in [0.4, 0.5) is 0 Å². The van der Waals surface area contributed by atoms with Crippen LogP contribution in [0.1, 0.15) is 23.5 Å². The van der Waals surface area contributed by atoms with Crippen LogP contribution in [0.2, 0.25) is 0 Å². The number of carbonyl (C=O) groups excluding carboxylic acids is 1. The molecule has 0 N–H and O–H groups in total. The summed E-state index contributed by atoms with van der Waals surface area (Å²) in [4.78, 5) is 13.5. The third kappa shape index (κ3) is 1.16. The lowest BCUT2D eigenvalue weighted by molar-refractivity contribution is -0.128. The lowest BCUT2D eigenvalue weighted by atomic mass is 9.98. The molecule has 0 radical (unpaired) electrons. The minimum Gasteiger partial charge on any atom is -0.325 e. The molecule has 2 atom stereocenters. The average Bonchev–Trinajstić information content (AvgIpc) is 2.78. The van der Waals surface area contributed by atoms with Crippen LogP contribution in [0.15, 0.2) is 24.3 Å². The first-order valence-electron chi connectivity index (χ1n) is 5.55. The predicted molar refractivity (Wildman–Crippen MR) is 58.6 cm³/mol. The minimum absolute atomic E-state index is 0.131. The van der Waals surface area contributed by atoms with E-state index in [9.17, 15) is 4.79 Å². The van der Waals surface area contributed by atoms with E-state index in [1.807, 2.05) is 12.1 Å². The molecule has 1 aromatic rings. The zero-order valence-corrected chi connectivity index (χ0v) is 8.89. The van der Waals surface area contributed by atoms with Crippen LogP contribution in [0.5, 0.6) is 0 Å². The van der Waals surface area contributed by atoms with Crippen LogP contribution in [0.25, 0.3) is 0 Å². The highest BCUT2D eigenvalue weighted by Crippen LogP contribution is 2.43. The SMILES string of the molecule is N#CCN1C(=O)CC2c3ccccc3CC21. The summed E-state index contributed by atoms with van der Waals surface area (Å²) in [5, 5.41) is 8.74. The van der Waals surface area contributed by atoms with Gasteiger partial charge in [-0.15, -0.1) is 0 Å². The fraction of sp³-hybridized carbons (Fsp3) is 0.385. The Bertz CT molecular complexity index is 489. The summed E-state index contributed by atoms with van der Waals surface area (Å²) >= 11 is 0. The van der Waals surface area contributed by atoms with Crippen molar-refractivity contribution in [2.45, 2.75) is 24.8 Å². The molecule has 3 nitrogen and oxygen atoms in total. The van der Waals surface area contributed by atoms with Gasteiger partial charge in [0.2, 0.25) is 5.91 Å². The summed E-state index contributed by atoms with van der Waals surface area (Å²) in [5.41, 5.74) is 2.65. The van der Waals surface area contributed by atoms with E-state index in [2.05, 4.69) is 18.2 Å². The highest BCUT2D eigenvalue weighted by atomic mass is 16.2. The summed E-state index contributed by atoms with van der Waals surface area (Å²) in [6, 6.07) is 10.6. The van der Waals surface area contributed by atoms with Crippen LogP contribution in [-0.4, -0.2) is 23.4 Å². The summed E-state index contributed by atoms with van der Waals surface area (Å²) in [5.74, 6) is 0.447. The van der Waals surface area contributed by atoms with Crippen LogP contribution >= 0.6 is 0 Å². The van der Waals surface area contributed by atoms with Crippen molar-refractivity contribution in [2.24, 2.45) is 0 Å². The molecule has 0 spiro atoms. The van der Waals surface area contributed by atoms with Gasteiger partial charge in [0.15, 0.2) is 0 Å². The van der Waals surface area contributed by atoms with Crippen LogP contribution in [0, 0.1) is 11.3 Å². The monoisotopic (exact) mass is 212 g/mol. The Morgan fingerprint density at radius 2 is 2.19 bits per heavy atom.